The molecule has 116 valence electrons. The van der Waals surface area contributed by atoms with Crippen molar-refractivity contribution in [1.82, 2.24) is 4.98 Å². The number of esters is 1. The van der Waals surface area contributed by atoms with Gasteiger partial charge in [0.05, 0.1) is 0 Å². The smallest absolute Gasteiger partial charge is 0.363 e. The molecule has 0 fully saturated rings. The second kappa shape index (κ2) is 5.80. The molecule has 1 aromatic carbocycles. The van der Waals surface area contributed by atoms with E-state index in [2.05, 4.69) is 30.7 Å². The highest BCUT2D eigenvalue weighted by atomic mass is 16.6. The number of cyclic esters (lactones) is 1. The lowest BCUT2D eigenvalue weighted by Gasteiger charge is -2.18. The second-order valence-electron chi connectivity index (χ2n) is 6.44. The molecule has 0 saturated heterocycles. The Morgan fingerprint density at radius 1 is 1.00 bits per heavy atom. The van der Waals surface area contributed by atoms with Crippen LogP contribution in [0.5, 0.6) is 0 Å². The van der Waals surface area contributed by atoms with E-state index >= 15 is 0 Å². The van der Waals surface area contributed by atoms with Gasteiger partial charge in [-0.15, -0.1) is 0 Å². The Morgan fingerprint density at radius 3 is 2.26 bits per heavy atom. The molecule has 3 rings (SSSR count). The molecule has 4 nitrogen and oxygen atoms in total. The third kappa shape index (κ3) is 3.37. The molecular weight excluding hydrogens is 288 g/mol. The van der Waals surface area contributed by atoms with Gasteiger partial charge in [-0.05, 0) is 46.9 Å². The minimum Gasteiger partial charge on any atom is -0.402 e. The van der Waals surface area contributed by atoms with Crippen molar-refractivity contribution in [3.05, 3.63) is 71.2 Å². The van der Waals surface area contributed by atoms with Crippen LogP contribution in [0.4, 0.5) is 0 Å². The number of nitrogens with zero attached hydrogens (tertiary/aromatic N) is 2. The standard InChI is InChI=1S/C19H18N2O2/c1-19(2,3)15-6-4-14(5-7-15)17-21-16(18(22)23-17)12-13-8-10-20-11-9-13/h4-12H,1-3H3/b16-12-. The molecule has 0 N–H and O–H groups in total. The highest BCUT2D eigenvalue weighted by Crippen LogP contribution is 2.24. The third-order valence-electron chi connectivity index (χ3n) is 3.63. The molecule has 1 aromatic heterocycles. The van der Waals surface area contributed by atoms with Crippen molar-refractivity contribution in [2.75, 3.05) is 0 Å². The summed E-state index contributed by atoms with van der Waals surface area (Å²) >= 11 is 0. The maximum Gasteiger partial charge on any atom is 0.363 e. The minimum atomic E-state index is -0.434. The summed E-state index contributed by atoms with van der Waals surface area (Å²) in [6.07, 6.45) is 5.03. The average molecular weight is 306 g/mol. The summed E-state index contributed by atoms with van der Waals surface area (Å²) in [5.74, 6) is -0.0903. The molecule has 0 saturated carbocycles. The first-order valence-corrected chi connectivity index (χ1v) is 7.47. The fourth-order valence-electron chi connectivity index (χ4n) is 2.26. The Hall–Kier alpha value is -2.75. The van der Waals surface area contributed by atoms with E-state index in [4.69, 9.17) is 4.74 Å². The Kier molecular flexibility index (Phi) is 3.82. The quantitative estimate of drug-likeness (QED) is 0.627. The monoisotopic (exact) mass is 306 g/mol. The molecule has 0 aliphatic carbocycles. The van der Waals surface area contributed by atoms with Crippen molar-refractivity contribution in [1.29, 1.82) is 0 Å². The van der Waals surface area contributed by atoms with Gasteiger partial charge in [0.25, 0.3) is 0 Å². The predicted octanol–water partition coefficient (Wildman–Crippen LogP) is 3.72. The molecule has 4 heteroatoms. The van der Waals surface area contributed by atoms with E-state index in [1.165, 1.54) is 5.56 Å². The van der Waals surface area contributed by atoms with Gasteiger partial charge in [0.1, 0.15) is 0 Å². The van der Waals surface area contributed by atoms with Gasteiger partial charge in [-0.3, -0.25) is 4.98 Å². The molecule has 0 bridgehead atoms. The average Bonchev–Trinajstić information content (AvgIpc) is 2.89. The van der Waals surface area contributed by atoms with Crippen LogP contribution in [0.2, 0.25) is 0 Å². The fourth-order valence-corrected chi connectivity index (χ4v) is 2.26. The fraction of sp³-hybridized carbons (Fsp3) is 0.211. The van der Waals surface area contributed by atoms with Crippen LogP contribution in [0.15, 0.2) is 59.5 Å². The van der Waals surface area contributed by atoms with E-state index in [9.17, 15) is 4.79 Å². The van der Waals surface area contributed by atoms with Gasteiger partial charge in [-0.25, -0.2) is 9.79 Å². The lowest BCUT2D eigenvalue weighted by atomic mass is 9.87. The summed E-state index contributed by atoms with van der Waals surface area (Å²) in [5, 5.41) is 0. The predicted molar refractivity (Wildman–Crippen MR) is 90.0 cm³/mol. The molecular formula is C19H18N2O2. The van der Waals surface area contributed by atoms with Crippen LogP contribution < -0.4 is 0 Å². The molecule has 0 atom stereocenters. The normalized spacial score (nSPS) is 16.4. The number of aliphatic imine (C=N–C) groups is 1. The zero-order valence-corrected chi connectivity index (χ0v) is 13.4. The van der Waals surface area contributed by atoms with Crippen LogP contribution in [-0.4, -0.2) is 16.9 Å². The van der Waals surface area contributed by atoms with Crippen molar-refractivity contribution in [3.8, 4) is 0 Å². The SMILES string of the molecule is CC(C)(C)c1ccc(C2=N/C(=C\c3ccncc3)C(=O)O2)cc1. The molecule has 0 radical (unpaired) electrons. The van der Waals surface area contributed by atoms with Gasteiger partial charge in [0.15, 0.2) is 5.70 Å². The molecule has 0 amide bonds. The van der Waals surface area contributed by atoms with Crippen LogP contribution in [0.3, 0.4) is 0 Å². The molecule has 1 aliphatic rings. The number of ether oxygens (including phenoxy) is 1. The van der Waals surface area contributed by atoms with E-state index in [1.54, 1.807) is 18.5 Å². The number of pyridine rings is 1. The Morgan fingerprint density at radius 2 is 1.65 bits per heavy atom. The van der Waals surface area contributed by atoms with Gasteiger partial charge < -0.3 is 4.74 Å². The van der Waals surface area contributed by atoms with Crippen molar-refractivity contribution in [3.63, 3.8) is 0 Å². The first-order valence-electron chi connectivity index (χ1n) is 7.47. The molecule has 0 spiro atoms. The van der Waals surface area contributed by atoms with Gasteiger partial charge in [0, 0.05) is 18.0 Å². The number of hydrogen-bond acceptors (Lipinski definition) is 4. The van der Waals surface area contributed by atoms with Crippen LogP contribution >= 0.6 is 0 Å². The Bertz CT molecular complexity index is 782. The van der Waals surface area contributed by atoms with Crippen LogP contribution in [-0.2, 0) is 14.9 Å². The van der Waals surface area contributed by atoms with Crippen molar-refractivity contribution in [2.45, 2.75) is 26.2 Å². The number of rotatable bonds is 2. The molecule has 1 aliphatic heterocycles. The zero-order chi connectivity index (χ0) is 16.4. The minimum absolute atomic E-state index is 0.0824. The number of aromatic nitrogens is 1. The summed E-state index contributed by atoms with van der Waals surface area (Å²) in [6.45, 7) is 6.47. The van der Waals surface area contributed by atoms with E-state index in [0.29, 0.717) is 11.6 Å². The third-order valence-corrected chi connectivity index (χ3v) is 3.63. The Balaban J connectivity index is 1.88. The number of benzene rings is 1. The number of carbonyl (C=O) groups excluding carboxylic acids is 1. The first kappa shape index (κ1) is 15.2. The van der Waals surface area contributed by atoms with E-state index in [0.717, 1.165) is 11.1 Å². The lowest BCUT2D eigenvalue weighted by Crippen LogP contribution is -2.11. The van der Waals surface area contributed by atoms with Gasteiger partial charge in [-0.2, -0.15) is 0 Å². The zero-order valence-electron chi connectivity index (χ0n) is 13.4. The lowest BCUT2D eigenvalue weighted by molar-refractivity contribution is -0.129. The topological polar surface area (TPSA) is 51.5 Å². The summed E-state index contributed by atoms with van der Waals surface area (Å²) in [6, 6.07) is 11.6. The Labute approximate surface area is 135 Å². The summed E-state index contributed by atoms with van der Waals surface area (Å²) in [7, 11) is 0. The highest BCUT2D eigenvalue weighted by molar-refractivity contribution is 6.12. The van der Waals surface area contributed by atoms with Gasteiger partial charge in [0.2, 0.25) is 5.90 Å². The van der Waals surface area contributed by atoms with E-state index < -0.39 is 5.97 Å². The summed E-state index contributed by atoms with van der Waals surface area (Å²) < 4.78 is 5.28. The maximum atomic E-state index is 12.0. The van der Waals surface area contributed by atoms with E-state index in [-0.39, 0.29) is 5.41 Å². The van der Waals surface area contributed by atoms with Gasteiger partial charge >= 0.3 is 5.97 Å². The molecule has 23 heavy (non-hydrogen) atoms. The molecule has 0 unspecified atom stereocenters. The van der Waals surface area contributed by atoms with Crippen molar-refractivity contribution >= 4 is 17.9 Å². The number of carbonyl (C=O) groups is 1. The molecule has 2 aromatic rings. The largest absolute Gasteiger partial charge is 0.402 e. The highest BCUT2D eigenvalue weighted by Gasteiger charge is 2.24. The van der Waals surface area contributed by atoms with Crippen LogP contribution in [0.1, 0.15) is 37.5 Å². The number of hydrogen-bond donors (Lipinski definition) is 0. The first-order chi connectivity index (χ1) is 10.9. The van der Waals surface area contributed by atoms with Gasteiger partial charge in [-0.1, -0.05) is 32.9 Å². The molecule has 2 heterocycles. The summed E-state index contributed by atoms with van der Waals surface area (Å²) in [4.78, 5) is 20.2. The van der Waals surface area contributed by atoms with Crippen molar-refractivity contribution < 1.29 is 9.53 Å². The van der Waals surface area contributed by atoms with Crippen LogP contribution in [0, 0.1) is 0 Å². The van der Waals surface area contributed by atoms with E-state index in [1.807, 2.05) is 36.4 Å². The second-order valence-corrected chi connectivity index (χ2v) is 6.44. The van der Waals surface area contributed by atoms with Crippen molar-refractivity contribution in [2.24, 2.45) is 4.99 Å². The van der Waals surface area contributed by atoms with Crippen LogP contribution in [0.25, 0.3) is 6.08 Å². The maximum absolute atomic E-state index is 12.0. The summed E-state index contributed by atoms with van der Waals surface area (Å²) in [5.41, 5.74) is 3.26.